The summed E-state index contributed by atoms with van der Waals surface area (Å²) in [7, 11) is 0. The second kappa shape index (κ2) is 5.29. The summed E-state index contributed by atoms with van der Waals surface area (Å²) in [5.74, 6) is 0.417. The van der Waals surface area contributed by atoms with Gasteiger partial charge >= 0.3 is 0 Å². The first kappa shape index (κ1) is 13.4. The van der Waals surface area contributed by atoms with E-state index in [0.29, 0.717) is 6.42 Å². The van der Waals surface area contributed by atoms with E-state index in [9.17, 15) is 15.0 Å². The zero-order valence-corrected chi connectivity index (χ0v) is 11.2. The van der Waals surface area contributed by atoms with Crippen LogP contribution >= 0.6 is 11.8 Å². The Morgan fingerprint density at radius 1 is 1.29 bits per heavy atom. The third-order valence-corrected chi connectivity index (χ3v) is 5.21. The van der Waals surface area contributed by atoms with Crippen molar-refractivity contribution in [3.05, 3.63) is 0 Å². The Morgan fingerprint density at radius 3 is 2.53 bits per heavy atom. The number of rotatable bonds is 3. The summed E-state index contributed by atoms with van der Waals surface area (Å²) < 4.78 is 0. The van der Waals surface area contributed by atoms with Gasteiger partial charge < -0.3 is 10.2 Å². The summed E-state index contributed by atoms with van der Waals surface area (Å²) in [4.78, 5) is 12.1. The summed E-state index contributed by atoms with van der Waals surface area (Å²) >= 11 is 1.68. The minimum absolute atomic E-state index is 0.117. The topological polar surface area (TPSA) is 57.5 Å². The van der Waals surface area contributed by atoms with Gasteiger partial charge in [-0.05, 0) is 31.3 Å². The molecule has 0 aliphatic heterocycles. The van der Waals surface area contributed by atoms with Gasteiger partial charge in [-0.2, -0.15) is 11.8 Å². The summed E-state index contributed by atoms with van der Waals surface area (Å²) in [6, 6.07) is 0. The number of hydrogen-bond acceptors (Lipinski definition) is 4. The lowest BCUT2D eigenvalue weighted by Crippen LogP contribution is -2.42. The van der Waals surface area contributed by atoms with Crippen LogP contribution in [-0.4, -0.2) is 40.2 Å². The zero-order chi connectivity index (χ0) is 12.5. The van der Waals surface area contributed by atoms with Gasteiger partial charge in [0.1, 0.15) is 6.10 Å². The fraction of sp³-hybridized carbons (Fsp3) is 0.923. The largest absolute Gasteiger partial charge is 0.392 e. The SMILES string of the molecule is CSCCC1C(=O)C(O)C2(CCCCC2)C1O. The Bertz CT molecular complexity index is 286. The van der Waals surface area contributed by atoms with Crippen molar-refractivity contribution >= 4 is 17.5 Å². The van der Waals surface area contributed by atoms with Crippen LogP contribution in [0.25, 0.3) is 0 Å². The van der Waals surface area contributed by atoms with Crippen LogP contribution < -0.4 is 0 Å². The summed E-state index contributed by atoms with van der Waals surface area (Å²) in [5, 5.41) is 20.6. The lowest BCUT2D eigenvalue weighted by molar-refractivity contribution is -0.131. The molecule has 2 fully saturated rings. The minimum atomic E-state index is -0.926. The molecule has 0 radical (unpaired) electrons. The molecular weight excluding hydrogens is 236 g/mol. The molecule has 0 bridgehead atoms. The Balaban J connectivity index is 2.15. The molecule has 0 aromatic rings. The summed E-state index contributed by atoms with van der Waals surface area (Å²) in [6.45, 7) is 0. The average Bonchev–Trinajstić information content (AvgIpc) is 2.52. The van der Waals surface area contributed by atoms with E-state index >= 15 is 0 Å². The van der Waals surface area contributed by atoms with Gasteiger partial charge in [0.15, 0.2) is 5.78 Å². The smallest absolute Gasteiger partial charge is 0.167 e. The second-order valence-corrected chi connectivity index (χ2v) is 6.42. The normalized spacial score (nSPS) is 36.6. The molecule has 3 nitrogen and oxygen atoms in total. The van der Waals surface area contributed by atoms with Gasteiger partial charge in [-0.25, -0.2) is 0 Å². The molecule has 0 heterocycles. The molecule has 2 saturated carbocycles. The van der Waals surface area contributed by atoms with Crippen LogP contribution in [-0.2, 0) is 4.79 Å². The lowest BCUT2D eigenvalue weighted by atomic mass is 9.69. The van der Waals surface area contributed by atoms with Crippen LogP contribution in [0.5, 0.6) is 0 Å². The standard InChI is InChI=1S/C13H22O3S/c1-17-8-5-9-10(14)12(16)13(11(9)15)6-3-2-4-7-13/h9,11-12,15-16H,2-8H2,1H3. The molecule has 98 valence electrons. The van der Waals surface area contributed by atoms with Crippen LogP contribution in [0.15, 0.2) is 0 Å². The average molecular weight is 258 g/mol. The van der Waals surface area contributed by atoms with Crippen LogP contribution in [0, 0.1) is 11.3 Å². The third-order valence-electron chi connectivity index (χ3n) is 4.57. The Hall–Kier alpha value is -0.0600. The fourth-order valence-corrected chi connectivity index (χ4v) is 4.02. The first-order valence-electron chi connectivity index (χ1n) is 6.52. The molecule has 2 aliphatic rings. The monoisotopic (exact) mass is 258 g/mol. The molecule has 0 saturated heterocycles. The molecule has 1 spiro atoms. The Morgan fingerprint density at radius 2 is 1.94 bits per heavy atom. The quantitative estimate of drug-likeness (QED) is 0.807. The molecule has 4 heteroatoms. The molecule has 2 N–H and O–H groups in total. The van der Waals surface area contributed by atoms with Gasteiger partial charge in [-0.1, -0.05) is 19.3 Å². The van der Waals surface area contributed by atoms with E-state index in [1.165, 1.54) is 0 Å². The number of carbonyl (C=O) groups is 1. The molecule has 3 unspecified atom stereocenters. The zero-order valence-electron chi connectivity index (χ0n) is 10.4. The van der Waals surface area contributed by atoms with Crippen molar-refractivity contribution in [3.8, 4) is 0 Å². The highest BCUT2D eigenvalue weighted by Gasteiger charge is 2.58. The van der Waals surface area contributed by atoms with E-state index in [1.54, 1.807) is 11.8 Å². The van der Waals surface area contributed by atoms with Crippen LogP contribution in [0.2, 0.25) is 0 Å². The van der Waals surface area contributed by atoms with Crippen molar-refractivity contribution in [2.75, 3.05) is 12.0 Å². The Labute approximate surface area is 107 Å². The van der Waals surface area contributed by atoms with Crippen molar-refractivity contribution in [3.63, 3.8) is 0 Å². The number of Topliss-reactive ketones (excluding diaryl/α,β-unsaturated/α-hetero) is 1. The molecule has 3 atom stereocenters. The predicted molar refractivity (Wildman–Crippen MR) is 69.0 cm³/mol. The number of hydrogen-bond donors (Lipinski definition) is 2. The predicted octanol–water partition coefficient (Wildman–Crippen LogP) is 1.61. The van der Waals surface area contributed by atoms with Crippen molar-refractivity contribution in [2.45, 2.75) is 50.7 Å². The minimum Gasteiger partial charge on any atom is -0.392 e. The first-order valence-corrected chi connectivity index (χ1v) is 7.91. The van der Waals surface area contributed by atoms with Gasteiger partial charge in [0.25, 0.3) is 0 Å². The molecular formula is C13H22O3S. The van der Waals surface area contributed by atoms with E-state index in [-0.39, 0.29) is 11.7 Å². The molecule has 0 aromatic heterocycles. The van der Waals surface area contributed by atoms with Crippen molar-refractivity contribution < 1.29 is 15.0 Å². The third kappa shape index (κ3) is 2.15. The van der Waals surface area contributed by atoms with Gasteiger partial charge in [0.2, 0.25) is 0 Å². The van der Waals surface area contributed by atoms with Crippen molar-refractivity contribution in [1.82, 2.24) is 0 Å². The van der Waals surface area contributed by atoms with Gasteiger partial charge in [-0.15, -0.1) is 0 Å². The van der Waals surface area contributed by atoms with Gasteiger partial charge in [0, 0.05) is 11.3 Å². The lowest BCUT2D eigenvalue weighted by Gasteiger charge is -2.38. The number of aliphatic hydroxyl groups excluding tert-OH is 2. The fourth-order valence-electron chi connectivity index (χ4n) is 3.53. The molecule has 2 aliphatic carbocycles. The first-order chi connectivity index (χ1) is 8.13. The van der Waals surface area contributed by atoms with Crippen LogP contribution in [0.4, 0.5) is 0 Å². The molecule has 0 aromatic carbocycles. The highest BCUT2D eigenvalue weighted by Crippen LogP contribution is 2.50. The number of aliphatic hydroxyl groups is 2. The summed E-state index contributed by atoms with van der Waals surface area (Å²) in [6.07, 6.45) is 5.95. The van der Waals surface area contributed by atoms with Crippen LogP contribution in [0.1, 0.15) is 38.5 Å². The molecule has 0 amide bonds. The van der Waals surface area contributed by atoms with E-state index < -0.39 is 17.6 Å². The van der Waals surface area contributed by atoms with Gasteiger partial charge in [0.05, 0.1) is 6.10 Å². The molecule has 2 rings (SSSR count). The maximum Gasteiger partial charge on any atom is 0.167 e. The van der Waals surface area contributed by atoms with Gasteiger partial charge in [-0.3, -0.25) is 4.79 Å². The van der Waals surface area contributed by atoms with Crippen molar-refractivity contribution in [1.29, 1.82) is 0 Å². The van der Waals surface area contributed by atoms with Crippen molar-refractivity contribution in [2.24, 2.45) is 11.3 Å². The number of thioether (sulfide) groups is 1. The number of carbonyl (C=O) groups excluding carboxylic acids is 1. The maximum absolute atomic E-state index is 12.1. The van der Waals surface area contributed by atoms with E-state index in [4.69, 9.17) is 0 Å². The van der Waals surface area contributed by atoms with E-state index in [2.05, 4.69) is 0 Å². The summed E-state index contributed by atoms with van der Waals surface area (Å²) in [5.41, 5.74) is -0.515. The highest BCUT2D eigenvalue weighted by atomic mass is 32.2. The molecule has 17 heavy (non-hydrogen) atoms. The Kier molecular flexibility index (Phi) is 4.16. The maximum atomic E-state index is 12.1. The van der Waals surface area contributed by atoms with E-state index in [1.807, 2.05) is 6.26 Å². The second-order valence-electron chi connectivity index (χ2n) is 5.43. The van der Waals surface area contributed by atoms with Crippen LogP contribution in [0.3, 0.4) is 0 Å². The van der Waals surface area contributed by atoms with E-state index in [0.717, 1.165) is 37.9 Å². The number of ketones is 1. The highest BCUT2D eigenvalue weighted by molar-refractivity contribution is 7.98.